The van der Waals surface area contributed by atoms with Crippen molar-refractivity contribution in [1.82, 2.24) is 15.5 Å². The lowest BCUT2D eigenvalue weighted by atomic mass is 9.89. The largest absolute Gasteiger partial charge is 0.347 e. The summed E-state index contributed by atoms with van der Waals surface area (Å²) in [5, 5.41) is 13.2. The first-order chi connectivity index (χ1) is 9.21. The number of thioether (sulfide) groups is 1. The molecule has 1 spiro atoms. The van der Waals surface area contributed by atoms with Crippen LogP contribution in [-0.4, -0.2) is 47.5 Å². The van der Waals surface area contributed by atoms with Crippen molar-refractivity contribution in [2.24, 2.45) is 0 Å². The highest BCUT2D eigenvalue weighted by molar-refractivity contribution is 8.01. The average molecular weight is 301 g/mol. The first-order valence-electron chi connectivity index (χ1n) is 6.63. The Morgan fingerprint density at radius 1 is 1.37 bits per heavy atom. The molecule has 5 nitrogen and oxygen atoms in total. The lowest BCUT2D eigenvalue weighted by Crippen LogP contribution is -2.48. The van der Waals surface area contributed by atoms with E-state index in [4.69, 9.17) is 9.47 Å². The molecule has 1 N–H and O–H groups in total. The zero-order chi connectivity index (χ0) is 13.3. The third kappa shape index (κ3) is 2.95. The van der Waals surface area contributed by atoms with Crippen molar-refractivity contribution in [1.29, 1.82) is 0 Å². The van der Waals surface area contributed by atoms with Crippen molar-refractivity contribution in [2.75, 3.05) is 20.3 Å². The summed E-state index contributed by atoms with van der Waals surface area (Å²) in [4.78, 5) is 0. The van der Waals surface area contributed by atoms with Crippen LogP contribution in [0.25, 0.3) is 0 Å². The molecule has 1 aromatic rings. The highest BCUT2D eigenvalue weighted by Gasteiger charge is 2.45. The maximum atomic E-state index is 5.85. The second kappa shape index (κ2) is 5.65. The molecule has 1 aliphatic heterocycles. The SMILES string of the molecule is CNC1CCC2(CC1Sc1nnc(C)s1)OCCO2. The van der Waals surface area contributed by atoms with Gasteiger partial charge in [-0.05, 0) is 20.4 Å². The molecule has 1 saturated carbocycles. The zero-order valence-electron chi connectivity index (χ0n) is 11.2. The molecule has 0 amide bonds. The quantitative estimate of drug-likeness (QED) is 0.919. The smallest absolute Gasteiger partial charge is 0.174 e. The van der Waals surface area contributed by atoms with E-state index in [2.05, 4.69) is 15.5 Å². The van der Waals surface area contributed by atoms with Crippen LogP contribution in [0, 0.1) is 6.92 Å². The lowest BCUT2D eigenvalue weighted by Gasteiger charge is -2.40. The molecule has 0 radical (unpaired) electrons. The summed E-state index contributed by atoms with van der Waals surface area (Å²) in [6, 6.07) is 0.479. The summed E-state index contributed by atoms with van der Waals surface area (Å²) in [6.07, 6.45) is 2.97. The van der Waals surface area contributed by atoms with Gasteiger partial charge in [-0.25, -0.2) is 0 Å². The zero-order valence-corrected chi connectivity index (χ0v) is 12.9. The Morgan fingerprint density at radius 3 is 2.79 bits per heavy atom. The molecular weight excluding hydrogens is 282 g/mol. The normalized spacial score (nSPS) is 30.0. The molecule has 1 aliphatic carbocycles. The molecule has 19 heavy (non-hydrogen) atoms. The van der Waals surface area contributed by atoms with Gasteiger partial charge in [-0.3, -0.25) is 0 Å². The lowest BCUT2D eigenvalue weighted by molar-refractivity contribution is -0.177. The van der Waals surface area contributed by atoms with E-state index in [1.807, 2.05) is 14.0 Å². The van der Waals surface area contributed by atoms with E-state index >= 15 is 0 Å². The van der Waals surface area contributed by atoms with Crippen LogP contribution in [0.4, 0.5) is 0 Å². The van der Waals surface area contributed by atoms with Gasteiger partial charge in [0.25, 0.3) is 0 Å². The van der Waals surface area contributed by atoms with Gasteiger partial charge in [0.1, 0.15) is 5.01 Å². The average Bonchev–Trinajstić information content (AvgIpc) is 3.00. The topological polar surface area (TPSA) is 56.3 Å². The molecule has 0 bridgehead atoms. The van der Waals surface area contributed by atoms with Gasteiger partial charge in [0.05, 0.1) is 13.2 Å². The Balaban J connectivity index is 1.71. The minimum Gasteiger partial charge on any atom is -0.347 e. The molecule has 7 heteroatoms. The summed E-state index contributed by atoms with van der Waals surface area (Å²) in [5.41, 5.74) is 0. The maximum Gasteiger partial charge on any atom is 0.174 e. The second-order valence-corrected chi connectivity index (χ2v) is 7.66. The molecule has 0 aromatic carbocycles. The number of hydrogen-bond donors (Lipinski definition) is 1. The van der Waals surface area contributed by atoms with E-state index in [1.54, 1.807) is 23.1 Å². The third-order valence-corrected chi connectivity index (χ3v) is 5.99. The molecule has 2 atom stereocenters. The Labute approximate surface area is 121 Å². The monoisotopic (exact) mass is 301 g/mol. The molecule has 2 fully saturated rings. The second-order valence-electron chi connectivity index (χ2n) is 4.99. The molecule has 2 unspecified atom stereocenters. The van der Waals surface area contributed by atoms with E-state index in [0.717, 1.165) is 41.8 Å². The first-order valence-corrected chi connectivity index (χ1v) is 8.32. The number of rotatable bonds is 3. The van der Waals surface area contributed by atoms with Crippen molar-refractivity contribution in [3.05, 3.63) is 5.01 Å². The van der Waals surface area contributed by atoms with Crippen molar-refractivity contribution in [3.63, 3.8) is 0 Å². The molecule has 2 aliphatic rings. The number of hydrogen-bond acceptors (Lipinski definition) is 7. The van der Waals surface area contributed by atoms with Crippen LogP contribution in [0.5, 0.6) is 0 Å². The highest BCUT2D eigenvalue weighted by Crippen LogP contribution is 2.42. The van der Waals surface area contributed by atoms with Crippen LogP contribution in [0.1, 0.15) is 24.3 Å². The Bertz CT molecular complexity index is 434. The fourth-order valence-corrected chi connectivity index (χ4v) is 5.24. The van der Waals surface area contributed by atoms with Crippen LogP contribution < -0.4 is 5.32 Å². The highest BCUT2D eigenvalue weighted by atomic mass is 32.2. The number of ether oxygens (including phenoxy) is 2. The Morgan fingerprint density at radius 2 is 2.16 bits per heavy atom. The van der Waals surface area contributed by atoms with Gasteiger partial charge in [0.15, 0.2) is 10.1 Å². The summed E-state index contributed by atoms with van der Waals surface area (Å²) in [7, 11) is 2.03. The third-order valence-electron chi connectivity index (χ3n) is 3.74. The minimum atomic E-state index is -0.343. The Hall–Kier alpha value is -0.210. The van der Waals surface area contributed by atoms with E-state index < -0.39 is 0 Å². The number of nitrogens with zero attached hydrogens (tertiary/aromatic N) is 2. The van der Waals surface area contributed by atoms with Crippen LogP contribution in [0.2, 0.25) is 0 Å². The van der Waals surface area contributed by atoms with E-state index in [0.29, 0.717) is 11.3 Å². The van der Waals surface area contributed by atoms with Crippen molar-refractivity contribution >= 4 is 23.1 Å². The molecule has 2 heterocycles. The standard InChI is InChI=1S/C12H19N3O2S2/c1-8-14-15-11(18-8)19-10-7-12(16-5-6-17-12)4-3-9(10)13-2/h9-10,13H,3-7H2,1-2H3. The number of nitrogens with one attached hydrogen (secondary N) is 1. The molecule has 106 valence electrons. The summed E-state index contributed by atoms with van der Waals surface area (Å²) >= 11 is 3.46. The molecule has 1 aromatic heterocycles. The summed E-state index contributed by atoms with van der Waals surface area (Å²) in [5.74, 6) is -0.343. The number of aryl methyl sites for hydroxylation is 1. The van der Waals surface area contributed by atoms with Gasteiger partial charge in [0, 0.05) is 24.1 Å². The van der Waals surface area contributed by atoms with E-state index in [9.17, 15) is 0 Å². The Kier molecular flexibility index (Phi) is 4.09. The molecule has 3 rings (SSSR count). The van der Waals surface area contributed by atoms with E-state index in [1.165, 1.54) is 0 Å². The fourth-order valence-electron chi connectivity index (χ4n) is 2.78. The minimum absolute atomic E-state index is 0.343. The molecular formula is C12H19N3O2S2. The van der Waals surface area contributed by atoms with Gasteiger partial charge < -0.3 is 14.8 Å². The summed E-state index contributed by atoms with van der Waals surface area (Å²) in [6.45, 7) is 3.43. The predicted molar refractivity (Wildman–Crippen MR) is 75.6 cm³/mol. The van der Waals surface area contributed by atoms with Crippen molar-refractivity contribution in [2.45, 2.75) is 47.6 Å². The van der Waals surface area contributed by atoms with Gasteiger partial charge >= 0.3 is 0 Å². The van der Waals surface area contributed by atoms with Crippen LogP contribution >= 0.6 is 23.1 Å². The van der Waals surface area contributed by atoms with Gasteiger partial charge in [0.2, 0.25) is 0 Å². The summed E-state index contributed by atoms with van der Waals surface area (Å²) < 4.78 is 12.7. The van der Waals surface area contributed by atoms with Gasteiger partial charge in [-0.2, -0.15) is 0 Å². The van der Waals surface area contributed by atoms with Gasteiger partial charge in [-0.15, -0.1) is 10.2 Å². The van der Waals surface area contributed by atoms with Crippen LogP contribution in [0.3, 0.4) is 0 Å². The first kappa shape index (κ1) is 13.8. The molecule has 1 saturated heterocycles. The van der Waals surface area contributed by atoms with Gasteiger partial charge in [-0.1, -0.05) is 23.1 Å². The fraction of sp³-hybridized carbons (Fsp3) is 0.833. The van der Waals surface area contributed by atoms with Crippen molar-refractivity contribution < 1.29 is 9.47 Å². The maximum absolute atomic E-state index is 5.85. The van der Waals surface area contributed by atoms with Crippen LogP contribution in [-0.2, 0) is 9.47 Å². The van der Waals surface area contributed by atoms with Crippen molar-refractivity contribution in [3.8, 4) is 0 Å². The van der Waals surface area contributed by atoms with E-state index in [-0.39, 0.29) is 5.79 Å². The number of aromatic nitrogens is 2. The predicted octanol–water partition coefficient (Wildman–Crippen LogP) is 1.82. The van der Waals surface area contributed by atoms with Crippen LogP contribution in [0.15, 0.2) is 4.34 Å².